The van der Waals surface area contributed by atoms with Crippen LogP contribution in [0.5, 0.6) is 5.75 Å². The summed E-state index contributed by atoms with van der Waals surface area (Å²) in [6.45, 7) is 7.77. The van der Waals surface area contributed by atoms with E-state index < -0.39 is 16.1 Å². The molecule has 2 N–H and O–H groups in total. The molecular formula is C21H28N2O4S. The third-order valence-corrected chi connectivity index (χ3v) is 5.82. The van der Waals surface area contributed by atoms with Crippen LogP contribution in [0.15, 0.2) is 47.4 Å². The van der Waals surface area contributed by atoms with Gasteiger partial charge in [0.05, 0.1) is 12.0 Å². The number of aryl methyl sites for hydroxylation is 2. The standard InChI is InChI=1S/C21H28N2O4S/c1-14(2)12-20(21(24)22-19-11-6-15(3)13-16(19)4)23-28(25,26)18-9-7-17(27-5)8-10-18/h6-11,13-14,20,23H,12H2,1-5H3,(H,22,24)/t20-/m0/s1. The minimum atomic E-state index is -3.85. The van der Waals surface area contributed by atoms with Crippen LogP contribution in [0.25, 0.3) is 0 Å². The molecule has 7 heteroatoms. The zero-order valence-electron chi connectivity index (χ0n) is 16.9. The number of rotatable bonds is 8. The molecule has 0 radical (unpaired) electrons. The Morgan fingerprint density at radius 1 is 1.07 bits per heavy atom. The van der Waals surface area contributed by atoms with Gasteiger partial charge in [0.1, 0.15) is 11.8 Å². The van der Waals surface area contributed by atoms with Crippen molar-refractivity contribution in [3.63, 3.8) is 0 Å². The largest absolute Gasteiger partial charge is 0.497 e. The molecule has 0 aliphatic heterocycles. The third-order valence-electron chi connectivity index (χ3n) is 4.33. The van der Waals surface area contributed by atoms with E-state index in [4.69, 9.17) is 4.74 Å². The number of ether oxygens (including phenoxy) is 1. The van der Waals surface area contributed by atoms with Crippen molar-refractivity contribution < 1.29 is 17.9 Å². The van der Waals surface area contributed by atoms with Gasteiger partial charge in [0, 0.05) is 5.69 Å². The first-order valence-corrected chi connectivity index (χ1v) is 10.6. The molecule has 0 heterocycles. The maximum atomic E-state index is 12.8. The third kappa shape index (κ3) is 5.81. The Kier molecular flexibility index (Phi) is 7.21. The fourth-order valence-corrected chi connectivity index (χ4v) is 4.07. The smallest absolute Gasteiger partial charge is 0.242 e. The number of sulfonamides is 1. The summed E-state index contributed by atoms with van der Waals surface area (Å²) >= 11 is 0. The van der Waals surface area contributed by atoms with Crippen LogP contribution in [0.4, 0.5) is 5.69 Å². The van der Waals surface area contributed by atoms with E-state index in [-0.39, 0.29) is 16.7 Å². The second-order valence-electron chi connectivity index (χ2n) is 7.29. The first-order valence-electron chi connectivity index (χ1n) is 9.17. The zero-order valence-corrected chi connectivity index (χ0v) is 17.8. The number of anilines is 1. The summed E-state index contributed by atoms with van der Waals surface area (Å²) in [5.74, 6) is 0.316. The number of hydrogen-bond donors (Lipinski definition) is 2. The van der Waals surface area contributed by atoms with E-state index in [1.807, 2.05) is 45.9 Å². The number of amides is 1. The summed E-state index contributed by atoms with van der Waals surface area (Å²) in [4.78, 5) is 12.9. The van der Waals surface area contributed by atoms with Gasteiger partial charge in [-0.3, -0.25) is 4.79 Å². The van der Waals surface area contributed by atoms with Crippen LogP contribution in [0.3, 0.4) is 0 Å². The van der Waals surface area contributed by atoms with Crippen LogP contribution in [-0.2, 0) is 14.8 Å². The van der Waals surface area contributed by atoms with Crippen LogP contribution in [0, 0.1) is 19.8 Å². The van der Waals surface area contributed by atoms with Gasteiger partial charge in [-0.25, -0.2) is 8.42 Å². The SMILES string of the molecule is COc1ccc(S(=O)(=O)N[C@@H](CC(C)C)C(=O)Nc2ccc(C)cc2C)cc1. The summed E-state index contributed by atoms with van der Waals surface area (Å²) in [7, 11) is -2.34. The molecule has 0 saturated heterocycles. The number of nitrogens with one attached hydrogen (secondary N) is 2. The van der Waals surface area contributed by atoms with Crippen LogP contribution < -0.4 is 14.8 Å². The minimum Gasteiger partial charge on any atom is -0.497 e. The van der Waals surface area contributed by atoms with Crippen LogP contribution in [0.1, 0.15) is 31.4 Å². The van der Waals surface area contributed by atoms with Crippen molar-refractivity contribution in [2.75, 3.05) is 12.4 Å². The molecule has 2 rings (SSSR count). The van der Waals surface area contributed by atoms with Gasteiger partial charge in [-0.2, -0.15) is 4.72 Å². The predicted molar refractivity (Wildman–Crippen MR) is 111 cm³/mol. The van der Waals surface area contributed by atoms with E-state index in [1.165, 1.54) is 19.2 Å². The molecule has 0 spiro atoms. The second-order valence-corrected chi connectivity index (χ2v) is 9.00. The molecule has 6 nitrogen and oxygen atoms in total. The lowest BCUT2D eigenvalue weighted by atomic mass is 10.0. The summed E-state index contributed by atoms with van der Waals surface area (Å²) < 4.78 is 33.1. The molecule has 0 bridgehead atoms. The Labute approximate surface area is 167 Å². The monoisotopic (exact) mass is 404 g/mol. The van der Waals surface area contributed by atoms with Crippen molar-refractivity contribution in [1.29, 1.82) is 0 Å². The molecule has 2 aromatic rings. The average molecular weight is 405 g/mol. The van der Waals surface area contributed by atoms with Crippen molar-refractivity contribution >= 4 is 21.6 Å². The molecule has 1 atom stereocenters. The van der Waals surface area contributed by atoms with Gasteiger partial charge in [-0.15, -0.1) is 0 Å². The fraction of sp³-hybridized carbons (Fsp3) is 0.381. The second kappa shape index (κ2) is 9.21. The first kappa shape index (κ1) is 21.9. The molecule has 0 aliphatic carbocycles. The van der Waals surface area contributed by atoms with E-state index in [9.17, 15) is 13.2 Å². The summed E-state index contributed by atoms with van der Waals surface area (Å²) in [5, 5.41) is 2.85. The normalized spacial score (nSPS) is 12.6. The summed E-state index contributed by atoms with van der Waals surface area (Å²) in [6, 6.07) is 10.9. The molecule has 0 aliphatic rings. The van der Waals surface area contributed by atoms with Crippen molar-refractivity contribution in [3.05, 3.63) is 53.6 Å². The van der Waals surface area contributed by atoms with Crippen LogP contribution >= 0.6 is 0 Å². The molecule has 152 valence electrons. The topological polar surface area (TPSA) is 84.5 Å². The van der Waals surface area contributed by atoms with Gasteiger partial charge in [-0.1, -0.05) is 31.5 Å². The molecule has 1 amide bonds. The highest BCUT2D eigenvalue weighted by Crippen LogP contribution is 2.19. The maximum absolute atomic E-state index is 12.8. The van der Waals surface area contributed by atoms with Gasteiger partial charge in [0.15, 0.2) is 0 Å². The van der Waals surface area contributed by atoms with Crippen molar-refractivity contribution in [1.82, 2.24) is 4.72 Å². The number of methoxy groups -OCH3 is 1. The van der Waals surface area contributed by atoms with E-state index in [0.717, 1.165) is 11.1 Å². The minimum absolute atomic E-state index is 0.0846. The quantitative estimate of drug-likeness (QED) is 0.703. The molecule has 0 saturated carbocycles. The lowest BCUT2D eigenvalue weighted by molar-refractivity contribution is -0.118. The lowest BCUT2D eigenvalue weighted by Crippen LogP contribution is -2.44. The highest BCUT2D eigenvalue weighted by atomic mass is 32.2. The Balaban J connectivity index is 2.22. The van der Waals surface area contributed by atoms with Crippen molar-refractivity contribution in [2.45, 2.75) is 45.1 Å². The molecule has 0 unspecified atom stereocenters. The Bertz CT molecular complexity index is 922. The van der Waals surface area contributed by atoms with Gasteiger partial charge in [0.25, 0.3) is 0 Å². The Hall–Kier alpha value is -2.38. The molecule has 28 heavy (non-hydrogen) atoms. The highest BCUT2D eigenvalue weighted by molar-refractivity contribution is 7.89. The van der Waals surface area contributed by atoms with Gasteiger partial charge >= 0.3 is 0 Å². The number of carbonyl (C=O) groups is 1. The van der Waals surface area contributed by atoms with E-state index >= 15 is 0 Å². The number of carbonyl (C=O) groups excluding carboxylic acids is 1. The summed E-state index contributed by atoms with van der Waals surface area (Å²) in [6.07, 6.45) is 0.381. The maximum Gasteiger partial charge on any atom is 0.242 e. The van der Waals surface area contributed by atoms with Crippen molar-refractivity contribution in [2.24, 2.45) is 5.92 Å². The Morgan fingerprint density at radius 3 is 2.25 bits per heavy atom. The van der Waals surface area contributed by atoms with E-state index in [1.54, 1.807) is 12.1 Å². The van der Waals surface area contributed by atoms with Gasteiger partial charge < -0.3 is 10.1 Å². The highest BCUT2D eigenvalue weighted by Gasteiger charge is 2.27. The predicted octanol–water partition coefficient (Wildman–Crippen LogP) is 3.64. The summed E-state index contributed by atoms with van der Waals surface area (Å²) in [5.41, 5.74) is 2.69. The van der Waals surface area contributed by atoms with Gasteiger partial charge in [0.2, 0.25) is 15.9 Å². The molecule has 0 aromatic heterocycles. The lowest BCUT2D eigenvalue weighted by Gasteiger charge is -2.21. The number of benzene rings is 2. The molecule has 0 fully saturated rings. The van der Waals surface area contributed by atoms with Crippen LogP contribution in [0.2, 0.25) is 0 Å². The number of hydrogen-bond acceptors (Lipinski definition) is 4. The average Bonchev–Trinajstić information content (AvgIpc) is 2.63. The van der Waals surface area contributed by atoms with Crippen LogP contribution in [-0.4, -0.2) is 27.5 Å². The van der Waals surface area contributed by atoms with E-state index in [0.29, 0.717) is 17.9 Å². The molecular weight excluding hydrogens is 376 g/mol. The molecule has 2 aromatic carbocycles. The fourth-order valence-electron chi connectivity index (χ4n) is 2.86. The van der Waals surface area contributed by atoms with Gasteiger partial charge in [-0.05, 0) is 62.1 Å². The van der Waals surface area contributed by atoms with E-state index in [2.05, 4.69) is 10.0 Å². The van der Waals surface area contributed by atoms with Crippen molar-refractivity contribution in [3.8, 4) is 5.75 Å². The first-order chi connectivity index (χ1) is 13.1. The zero-order chi connectivity index (χ0) is 20.9. The Morgan fingerprint density at radius 2 is 1.71 bits per heavy atom.